The summed E-state index contributed by atoms with van der Waals surface area (Å²) in [5.41, 5.74) is 1.07. The molecule has 3 rings (SSSR count). The fraction of sp³-hybridized carbons (Fsp3) is 0.588. The molecule has 1 N–H and O–H groups in total. The number of amides is 1. The van der Waals surface area contributed by atoms with E-state index in [1.165, 1.54) is 12.8 Å². The van der Waals surface area contributed by atoms with Crippen LogP contribution in [0.25, 0.3) is 0 Å². The molecule has 2 atom stereocenters. The number of carbonyl (C=O) groups is 1. The maximum Gasteiger partial charge on any atom is 0.249 e. The summed E-state index contributed by atoms with van der Waals surface area (Å²) < 4.78 is 11.4. The van der Waals surface area contributed by atoms with Gasteiger partial charge in [-0.05, 0) is 44.6 Å². The van der Waals surface area contributed by atoms with E-state index in [0.717, 1.165) is 24.2 Å². The SMILES string of the molecule is C[C@@H](OCC1CC1)C(=O)N[C@H]1CCCOc2ccccc21. The number of nitrogens with one attached hydrogen (secondary N) is 1. The zero-order valence-corrected chi connectivity index (χ0v) is 12.5. The maximum absolute atomic E-state index is 12.3. The first kappa shape index (κ1) is 14.4. The molecule has 1 aromatic rings. The smallest absolute Gasteiger partial charge is 0.249 e. The van der Waals surface area contributed by atoms with Gasteiger partial charge in [0.25, 0.3) is 0 Å². The molecule has 4 nitrogen and oxygen atoms in total. The number of ether oxygens (including phenoxy) is 2. The molecule has 0 saturated heterocycles. The molecule has 0 spiro atoms. The number of benzene rings is 1. The van der Waals surface area contributed by atoms with Gasteiger partial charge in [0.1, 0.15) is 11.9 Å². The van der Waals surface area contributed by atoms with Gasteiger partial charge in [0.2, 0.25) is 5.91 Å². The Kier molecular flexibility index (Phi) is 4.44. The van der Waals surface area contributed by atoms with Crippen LogP contribution in [0, 0.1) is 5.92 Å². The molecule has 1 aliphatic heterocycles. The molecule has 2 aliphatic rings. The Balaban J connectivity index is 1.61. The van der Waals surface area contributed by atoms with Crippen molar-refractivity contribution in [3.63, 3.8) is 0 Å². The lowest BCUT2D eigenvalue weighted by atomic mass is 10.0. The van der Waals surface area contributed by atoms with Gasteiger partial charge in [0.05, 0.1) is 19.3 Å². The Bertz CT molecular complexity index is 499. The zero-order valence-electron chi connectivity index (χ0n) is 12.5. The van der Waals surface area contributed by atoms with Crippen molar-refractivity contribution in [2.24, 2.45) is 5.92 Å². The quantitative estimate of drug-likeness (QED) is 0.906. The highest BCUT2D eigenvalue weighted by atomic mass is 16.5. The van der Waals surface area contributed by atoms with E-state index in [-0.39, 0.29) is 18.1 Å². The van der Waals surface area contributed by atoms with E-state index >= 15 is 0 Å². The summed E-state index contributed by atoms with van der Waals surface area (Å²) in [5.74, 6) is 1.52. The third kappa shape index (κ3) is 3.76. The minimum atomic E-state index is -0.387. The Morgan fingerprint density at radius 1 is 1.38 bits per heavy atom. The van der Waals surface area contributed by atoms with Crippen molar-refractivity contribution >= 4 is 5.91 Å². The van der Waals surface area contributed by atoms with Crippen LogP contribution in [0.1, 0.15) is 44.2 Å². The van der Waals surface area contributed by atoms with Crippen molar-refractivity contribution < 1.29 is 14.3 Å². The molecule has 0 bridgehead atoms. The highest BCUT2D eigenvalue weighted by Gasteiger charge is 2.26. The molecule has 1 saturated carbocycles. The van der Waals surface area contributed by atoms with E-state index in [1.54, 1.807) is 0 Å². The molecule has 4 heteroatoms. The van der Waals surface area contributed by atoms with Crippen LogP contribution in [0.2, 0.25) is 0 Å². The lowest BCUT2D eigenvalue weighted by molar-refractivity contribution is -0.132. The van der Waals surface area contributed by atoms with Crippen LogP contribution in [-0.2, 0) is 9.53 Å². The van der Waals surface area contributed by atoms with Crippen molar-refractivity contribution in [3.8, 4) is 5.75 Å². The average molecular weight is 289 g/mol. The second kappa shape index (κ2) is 6.48. The number of hydrogen-bond acceptors (Lipinski definition) is 3. The Morgan fingerprint density at radius 3 is 3.00 bits per heavy atom. The molecule has 1 aromatic carbocycles. The van der Waals surface area contributed by atoms with E-state index in [9.17, 15) is 4.79 Å². The lowest BCUT2D eigenvalue weighted by Crippen LogP contribution is -2.37. The van der Waals surface area contributed by atoms with E-state index in [4.69, 9.17) is 9.47 Å². The normalized spacial score (nSPS) is 22.6. The van der Waals surface area contributed by atoms with Gasteiger partial charge in [-0.1, -0.05) is 18.2 Å². The number of fused-ring (bicyclic) bond motifs is 1. The number of para-hydroxylation sites is 1. The van der Waals surface area contributed by atoms with Crippen molar-refractivity contribution in [2.75, 3.05) is 13.2 Å². The largest absolute Gasteiger partial charge is 0.493 e. The Hall–Kier alpha value is -1.55. The van der Waals surface area contributed by atoms with Crippen LogP contribution in [0.5, 0.6) is 5.75 Å². The van der Waals surface area contributed by atoms with E-state index in [2.05, 4.69) is 5.32 Å². The summed E-state index contributed by atoms with van der Waals surface area (Å²) in [6.45, 7) is 3.24. The third-order valence-electron chi connectivity index (χ3n) is 4.15. The van der Waals surface area contributed by atoms with Crippen LogP contribution < -0.4 is 10.1 Å². The van der Waals surface area contributed by atoms with Crippen LogP contribution in [-0.4, -0.2) is 25.2 Å². The molecule has 114 valence electrons. The van der Waals surface area contributed by atoms with Crippen molar-refractivity contribution in [2.45, 2.75) is 44.8 Å². The topological polar surface area (TPSA) is 47.6 Å². The predicted molar refractivity (Wildman–Crippen MR) is 80.2 cm³/mol. The first-order valence-corrected chi connectivity index (χ1v) is 7.88. The van der Waals surface area contributed by atoms with Crippen LogP contribution in [0.15, 0.2) is 24.3 Å². The van der Waals surface area contributed by atoms with Gasteiger partial charge in [0.15, 0.2) is 0 Å². The fourth-order valence-electron chi connectivity index (χ4n) is 2.60. The van der Waals surface area contributed by atoms with Gasteiger partial charge in [-0.25, -0.2) is 0 Å². The third-order valence-corrected chi connectivity index (χ3v) is 4.15. The summed E-state index contributed by atoms with van der Waals surface area (Å²) >= 11 is 0. The van der Waals surface area contributed by atoms with Gasteiger partial charge in [-0.15, -0.1) is 0 Å². The predicted octanol–water partition coefficient (Wildman–Crippen LogP) is 2.83. The van der Waals surface area contributed by atoms with E-state index in [1.807, 2.05) is 31.2 Å². The number of rotatable bonds is 5. The van der Waals surface area contributed by atoms with Crippen molar-refractivity contribution in [1.29, 1.82) is 0 Å². The maximum atomic E-state index is 12.3. The summed E-state index contributed by atoms with van der Waals surface area (Å²) in [6, 6.07) is 7.96. The molecule has 0 unspecified atom stereocenters. The molecule has 0 aromatic heterocycles. The highest BCUT2D eigenvalue weighted by Crippen LogP contribution is 2.31. The second-order valence-electron chi connectivity index (χ2n) is 6.01. The number of hydrogen-bond donors (Lipinski definition) is 1. The molecule has 0 radical (unpaired) electrons. The fourth-order valence-corrected chi connectivity index (χ4v) is 2.60. The highest BCUT2D eigenvalue weighted by molar-refractivity contribution is 5.80. The summed E-state index contributed by atoms with van der Waals surface area (Å²) in [6.07, 6.45) is 3.93. The number of carbonyl (C=O) groups excluding carboxylic acids is 1. The molecular weight excluding hydrogens is 266 g/mol. The lowest BCUT2D eigenvalue weighted by Gasteiger charge is -2.21. The van der Waals surface area contributed by atoms with Crippen molar-refractivity contribution in [3.05, 3.63) is 29.8 Å². The standard InChI is InChI=1S/C17H23NO3/c1-12(21-11-13-8-9-13)17(19)18-15-6-4-10-20-16-7-3-2-5-14(15)16/h2-3,5,7,12-13,15H,4,6,8-11H2,1H3,(H,18,19)/t12-,15+/m1/s1. The molecule has 1 heterocycles. The summed E-state index contributed by atoms with van der Waals surface area (Å²) in [4.78, 5) is 12.3. The first-order chi connectivity index (χ1) is 10.2. The van der Waals surface area contributed by atoms with Gasteiger partial charge in [-0.3, -0.25) is 4.79 Å². The Morgan fingerprint density at radius 2 is 2.19 bits per heavy atom. The first-order valence-electron chi connectivity index (χ1n) is 7.88. The Labute approximate surface area is 125 Å². The second-order valence-corrected chi connectivity index (χ2v) is 6.01. The summed E-state index contributed by atoms with van der Waals surface area (Å²) in [7, 11) is 0. The van der Waals surface area contributed by atoms with Gasteiger partial charge in [0, 0.05) is 5.56 Å². The summed E-state index contributed by atoms with van der Waals surface area (Å²) in [5, 5.41) is 3.12. The molecule has 1 amide bonds. The van der Waals surface area contributed by atoms with E-state index in [0.29, 0.717) is 19.1 Å². The van der Waals surface area contributed by atoms with Crippen LogP contribution >= 0.6 is 0 Å². The average Bonchev–Trinajstić information content (AvgIpc) is 3.32. The van der Waals surface area contributed by atoms with Gasteiger partial charge < -0.3 is 14.8 Å². The minimum Gasteiger partial charge on any atom is -0.493 e. The van der Waals surface area contributed by atoms with E-state index < -0.39 is 0 Å². The minimum absolute atomic E-state index is 0.0168. The van der Waals surface area contributed by atoms with Crippen LogP contribution in [0.3, 0.4) is 0 Å². The molecule has 1 aliphatic carbocycles. The molecule has 1 fully saturated rings. The van der Waals surface area contributed by atoms with Gasteiger partial charge in [-0.2, -0.15) is 0 Å². The van der Waals surface area contributed by atoms with Gasteiger partial charge >= 0.3 is 0 Å². The van der Waals surface area contributed by atoms with Crippen molar-refractivity contribution in [1.82, 2.24) is 5.32 Å². The van der Waals surface area contributed by atoms with Crippen LogP contribution in [0.4, 0.5) is 0 Å². The molecule has 21 heavy (non-hydrogen) atoms. The molecular formula is C17H23NO3. The monoisotopic (exact) mass is 289 g/mol. The zero-order chi connectivity index (χ0) is 14.7.